The van der Waals surface area contributed by atoms with Gasteiger partial charge in [-0.1, -0.05) is 25.1 Å². The molecule has 0 aliphatic carbocycles. The van der Waals surface area contributed by atoms with E-state index in [1.165, 1.54) is 5.56 Å². The number of carbonyl (C=O) groups is 2. The molecule has 17 heavy (non-hydrogen) atoms. The highest BCUT2D eigenvalue weighted by Gasteiger charge is 2.28. The molecule has 1 N–H and O–H groups in total. The van der Waals surface area contributed by atoms with Gasteiger partial charge < -0.3 is 0 Å². The molecule has 90 valence electrons. The molecule has 1 heterocycles. The second-order valence-corrected chi connectivity index (χ2v) is 4.55. The summed E-state index contributed by atoms with van der Waals surface area (Å²) in [7, 11) is 0. The fraction of sp³-hybridized carbons (Fsp3) is 0.429. The zero-order chi connectivity index (χ0) is 12.4. The Morgan fingerprint density at radius 2 is 2.12 bits per heavy atom. The summed E-state index contributed by atoms with van der Waals surface area (Å²) in [6, 6.07) is 6.21. The van der Waals surface area contributed by atoms with Gasteiger partial charge in [-0.2, -0.15) is 0 Å². The minimum Gasteiger partial charge on any atom is -0.296 e. The zero-order valence-corrected chi connectivity index (χ0v) is 10.2. The molecule has 0 radical (unpaired) electrons. The highest BCUT2D eigenvalue weighted by molar-refractivity contribution is 6.01. The molecule has 3 nitrogen and oxygen atoms in total. The van der Waals surface area contributed by atoms with E-state index in [2.05, 4.69) is 24.4 Å². The van der Waals surface area contributed by atoms with E-state index < -0.39 is 0 Å². The monoisotopic (exact) mass is 231 g/mol. The number of benzene rings is 1. The van der Waals surface area contributed by atoms with Gasteiger partial charge in [0.15, 0.2) is 0 Å². The number of hydrogen-bond donors (Lipinski definition) is 1. The van der Waals surface area contributed by atoms with Crippen molar-refractivity contribution in [2.75, 3.05) is 0 Å². The molecule has 1 saturated heterocycles. The third-order valence-electron chi connectivity index (χ3n) is 3.36. The van der Waals surface area contributed by atoms with Gasteiger partial charge in [-0.15, -0.1) is 0 Å². The van der Waals surface area contributed by atoms with Crippen molar-refractivity contribution in [2.45, 2.75) is 39.0 Å². The number of imide groups is 1. The van der Waals surface area contributed by atoms with Crippen LogP contribution in [0.1, 0.15) is 42.4 Å². The minimum absolute atomic E-state index is 0.158. The van der Waals surface area contributed by atoms with Crippen molar-refractivity contribution in [3.05, 3.63) is 34.9 Å². The predicted octanol–water partition coefficient (Wildman–Crippen LogP) is 2.08. The fourth-order valence-electron chi connectivity index (χ4n) is 2.34. The third-order valence-corrected chi connectivity index (χ3v) is 3.36. The van der Waals surface area contributed by atoms with Gasteiger partial charge in [-0.3, -0.25) is 14.9 Å². The van der Waals surface area contributed by atoms with Crippen LogP contribution in [-0.4, -0.2) is 11.8 Å². The summed E-state index contributed by atoms with van der Waals surface area (Å²) in [6.07, 6.45) is 2.05. The molecular formula is C14H17NO2. The molecule has 0 bridgehead atoms. The highest BCUT2D eigenvalue weighted by Crippen LogP contribution is 2.27. The van der Waals surface area contributed by atoms with Gasteiger partial charge in [-0.05, 0) is 36.5 Å². The maximum atomic E-state index is 11.8. The Bertz CT molecular complexity index is 465. The van der Waals surface area contributed by atoms with Crippen LogP contribution in [0.5, 0.6) is 0 Å². The summed E-state index contributed by atoms with van der Waals surface area (Å²) < 4.78 is 0. The van der Waals surface area contributed by atoms with Crippen molar-refractivity contribution >= 4 is 11.8 Å². The van der Waals surface area contributed by atoms with E-state index in [1.807, 2.05) is 13.0 Å². The van der Waals surface area contributed by atoms with Gasteiger partial charge in [0, 0.05) is 6.42 Å². The summed E-state index contributed by atoms with van der Waals surface area (Å²) in [5, 5.41) is 2.41. The number of carbonyl (C=O) groups excluding carboxylic acids is 2. The SMILES string of the molecule is CCc1ccc(C2CCC(=O)NC2=O)c(C)c1. The largest absolute Gasteiger partial charge is 0.296 e. The van der Waals surface area contributed by atoms with Crippen LogP contribution in [0.25, 0.3) is 0 Å². The lowest BCUT2D eigenvalue weighted by atomic mass is 9.87. The lowest BCUT2D eigenvalue weighted by Gasteiger charge is -2.22. The van der Waals surface area contributed by atoms with Crippen LogP contribution in [0.15, 0.2) is 18.2 Å². The Morgan fingerprint density at radius 1 is 1.35 bits per heavy atom. The van der Waals surface area contributed by atoms with E-state index in [0.29, 0.717) is 12.8 Å². The van der Waals surface area contributed by atoms with Gasteiger partial charge >= 0.3 is 0 Å². The van der Waals surface area contributed by atoms with Crippen molar-refractivity contribution in [1.29, 1.82) is 0 Å². The van der Waals surface area contributed by atoms with Crippen LogP contribution in [0.4, 0.5) is 0 Å². The van der Waals surface area contributed by atoms with E-state index in [4.69, 9.17) is 0 Å². The molecule has 2 rings (SSSR count). The minimum atomic E-state index is -0.168. The first-order valence-electron chi connectivity index (χ1n) is 6.05. The Morgan fingerprint density at radius 3 is 2.71 bits per heavy atom. The number of amides is 2. The molecule has 0 spiro atoms. The van der Waals surface area contributed by atoms with Crippen LogP contribution in [-0.2, 0) is 16.0 Å². The van der Waals surface area contributed by atoms with E-state index >= 15 is 0 Å². The molecule has 2 amide bonds. The number of rotatable bonds is 2. The molecule has 0 saturated carbocycles. The molecule has 0 aromatic heterocycles. The lowest BCUT2D eigenvalue weighted by Crippen LogP contribution is -2.39. The number of aryl methyl sites for hydroxylation is 2. The molecule has 1 aromatic rings. The van der Waals surface area contributed by atoms with E-state index in [0.717, 1.165) is 17.5 Å². The topological polar surface area (TPSA) is 46.2 Å². The second-order valence-electron chi connectivity index (χ2n) is 4.55. The van der Waals surface area contributed by atoms with Gasteiger partial charge in [0.05, 0.1) is 5.92 Å². The second kappa shape index (κ2) is 4.70. The molecule has 1 unspecified atom stereocenters. The highest BCUT2D eigenvalue weighted by atomic mass is 16.2. The van der Waals surface area contributed by atoms with Crippen LogP contribution in [0.3, 0.4) is 0 Å². The summed E-state index contributed by atoms with van der Waals surface area (Å²) in [6.45, 7) is 4.14. The first-order valence-corrected chi connectivity index (χ1v) is 6.05. The molecule has 1 fully saturated rings. The van der Waals surface area contributed by atoms with Gasteiger partial charge in [0.2, 0.25) is 11.8 Å². The Kier molecular flexibility index (Phi) is 3.27. The zero-order valence-electron chi connectivity index (χ0n) is 10.2. The predicted molar refractivity (Wildman–Crippen MR) is 65.7 cm³/mol. The van der Waals surface area contributed by atoms with Crippen LogP contribution in [0, 0.1) is 6.92 Å². The molecule has 1 aromatic carbocycles. The van der Waals surface area contributed by atoms with Crippen molar-refractivity contribution in [3.63, 3.8) is 0 Å². The average Bonchev–Trinajstić information content (AvgIpc) is 2.30. The quantitative estimate of drug-likeness (QED) is 0.792. The van der Waals surface area contributed by atoms with Crippen LogP contribution in [0.2, 0.25) is 0 Å². The summed E-state index contributed by atoms with van der Waals surface area (Å²) in [5.74, 6) is -0.485. The lowest BCUT2D eigenvalue weighted by molar-refractivity contribution is -0.134. The first-order chi connectivity index (χ1) is 8.11. The summed E-state index contributed by atoms with van der Waals surface area (Å²) >= 11 is 0. The van der Waals surface area contributed by atoms with E-state index in [1.54, 1.807) is 0 Å². The third kappa shape index (κ3) is 2.38. The van der Waals surface area contributed by atoms with Gasteiger partial charge in [-0.25, -0.2) is 0 Å². The van der Waals surface area contributed by atoms with Crippen LogP contribution < -0.4 is 5.32 Å². The number of piperidine rings is 1. The average molecular weight is 231 g/mol. The van der Waals surface area contributed by atoms with E-state index in [9.17, 15) is 9.59 Å². The van der Waals surface area contributed by atoms with Crippen molar-refractivity contribution < 1.29 is 9.59 Å². The van der Waals surface area contributed by atoms with Crippen LogP contribution >= 0.6 is 0 Å². The Hall–Kier alpha value is -1.64. The Labute approximate surface area is 101 Å². The van der Waals surface area contributed by atoms with Crippen molar-refractivity contribution in [2.24, 2.45) is 0 Å². The molecule has 1 aliphatic heterocycles. The molecule has 1 atom stereocenters. The smallest absolute Gasteiger partial charge is 0.234 e. The summed E-state index contributed by atoms with van der Waals surface area (Å²) in [5.41, 5.74) is 3.46. The molecule has 1 aliphatic rings. The maximum Gasteiger partial charge on any atom is 0.234 e. The van der Waals surface area contributed by atoms with Crippen molar-refractivity contribution in [3.8, 4) is 0 Å². The number of nitrogens with one attached hydrogen (secondary N) is 1. The molecular weight excluding hydrogens is 214 g/mol. The summed E-state index contributed by atoms with van der Waals surface area (Å²) in [4.78, 5) is 22.9. The van der Waals surface area contributed by atoms with Gasteiger partial charge in [0.1, 0.15) is 0 Å². The standard InChI is InChI=1S/C14H17NO2/c1-3-10-4-5-11(9(2)8-10)12-6-7-13(16)15-14(12)17/h4-5,8,12H,3,6-7H2,1-2H3,(H,15,16,17). The van der Waals surface area contributed by atoms with E-state index in [-0.39, 0.29) is 17.7 Å². The maximum absolute atomic E-state index is 11.8. The van der Waals surface area contributed by atoms with Crippen molar-refractivity contribution in [1.82, 2.24) is 5.32 Å². The Balaban J connectivity index is 2.28. The van der Waals surface area contributed by atoms with Gasteiger partial charge in [0.25, 0.3) is 0 Å². The molecule has 3 heteroatoms. The number of hydrogen-bond acceptors (Lipinski definition) is 2. The first kappa shape index (κ1) is 11.8. The normalized spacial score (nSPS) is 20.2. The fourth-order valence-corrected chi connectivity index (χ4v) is 2.34.